The van der Waals surface area contributed by atoms with Crippen LogP contribution in [-0.4, -0.2) is 66.2 Å². The van der Waals surface area contributed by atoms with E-state index in [2.05, 4.69) is 15.0 Å². The molecule has 0 spiro atoms. The van der Waals surface area contributed by atoms with E-state index in [9.17, 15) is 21.6 Å². The van der Waals surface area contributed by atoms with Crippen molar-refractivity contribution in [3.05, 3.63) is 47.8 Å². The number of nitrogens with one attached hydrogen (secondary N) is 1. The Balaban J connectivity index is 1.26. The average molecular weight is 496 g/mol. The van der Waals surface area contributed by atoms with Gasteiger partial charge in [-0.15, -0.1) is 0 Å². The zero-order valence-corrected chi connectivity index (χ0v) is 19.2. The number of aromatic amines is 1. The standard InChI is InChI=1S/C22H24F3N5O3S/c1-33-19-5-4-18(22(23,24)25)21(28-19)29-12-15(13-29)34(31,32)30-9-6-14(7-10-30)17-11-27-20-16(17)3-2-8-26-20/h2-5,8,11,14-15H,6-7,9-10,12-13H2,1H3,(H,26,27). The van der Waals surface area contributed by atoms with Crippen molar-refractivity contribution in [2.75, 3.05) is 38.2 Å². The second-order valence-electron chi connectivity index (χ2n) is 8.61. The molecule has 2 aliphatic rings. The molecule has 2 aliphatic heterocycles. The second-order valence-corrected chi connectivity index (χ2v) is 10.8. The lowest BCUT2D eigenvalue weighted by Gasteiger charge is -2.43. The third kappa shape index (κ3) is 3.98. The Morgan fingerprint density at radius 2 is 1.88 bits per heavy atom. The maximum Gasteiger partial charge on any atom is 0.419 e. The Kier molecular flexibility index (Phi) is 5.67. The molecule has 2 saturated heterocycles. The van der Waals surface area contributed by atoms with Gasteiger partial charge in [-0.2, -0.15) is 18.2 Å². The summed E-state index contributed by atoms with van der Waals surface area (Å²) in [5, 5.41) is 0.278. The second kappa shape index (κ2) is 8.42. The number of sulfonamides is 1. The highest BCUT2D eigenvalue weighted by molar-refractivity contribution is 7.89. The van der Waals surface area contributed by atoms with Gasteiger partial charge >= 0.3 is 6.18 Å². The van der Waals surface area contributed by atoms with Crippen LogP contribution in [0.15, 0.2) is 36.7 Å². The number of pyridine rings is 2. The maximum absolute atomic E-state index is 13.4. The molecule has 12 heteroatoms. The Bertz CT molecular complexity index is 1300. The van der Waals surface area contributed by atoms with Gasteiger partial charge in [0.25, 0.3) is 0 Å². The zero-order chi connectivity index (χ0) is 24.1. The topological polar surface area (TPSA) is 91.4 Å². The zero-order valence-electron chi connectivity index (χ0n) is 18.4. The highest BCUT2D eigenvalue weighted by Gasteiger charge is 2.45. The SMILES string of the molecule is COc1ccc(C(F)(F)F)c(N2CC(S(=O)(=O)N3CCC(c4c[nH]c5ncccc45)CC3)C2)n1. The Morgan fingerprint density at radius 1 is 1.15 bits per heavy atom. The number of ether oxygens (including phenoxy) is 1. The van der Waals surface area contributed by atoms with Crippen molar-refractivity contribution in [1.29, 1.82) is 0 Å². The van der Waals surface area contributed by atoms with Gasteiger partial charge in [0.1, 0.15) is 16.7 Å². The third-order valence-corrected chi connectivity index (χ3v) is 8.90. The maximum atomic E-state index is 13.4. The van der Waals surface area contributed by atoms with Crippen LogP contribution in [0, 0.1) is 0 Å². The molecule has 0 saturated carbocycles. The van der Waals surface area contributed by atoms with Crippen molar-refractivity contribution >= 4 is 26.9 Å². The van der Waals surface area contributed by atoms with Gasteiger partial charge in [-0.05, 0) is 42.5 Å². The first kappa shape index (κ1) is 22.9. The molecule has 3 aromatic heterocycles. The smallest absolute Gasteiger partial charge is 0.419 e. The van der Waals surface area contributed by atoms with Gasteiger partial charge < -0.3 is 14.6 Å². The molecule has 0 atom stereocenters. The largest absolute Gasteiger partial charge is 0.481 e. The van der Waals surface area contributed by atoms with Crippen molar-refractivity contribution in [3.8, 4) is 5.88 Å². The van der Waals surface area contributed by atoms with Crippen LogP contribution in [0.3, 0.4) is 0 Å². The van der Waals surface area contributed by atoms with Crippen LogP contribution in [-0.2, 0) is 16.2 Å². The summed E-state index contributed by atoms with van der Waals surface area (Å²) in [7, 11) is -2.32. The summed E-state index contributed by atoms with van der Waals surface area (Å²) in [5.41, 5.74) is 1.04. The van der Waals surface area contributed by atoms with Crippen LogP contribution in [0.1, 0.15) is 29.9 Å². The van der Waals surface area contributed by atoms with Crippen LogP contribution in [0.2, 0.25) is 0 Å². The summed E-state index contributed by atoms with van der Waals surface area (Å²) in [5.74, 6) is -0.0357. The summed E-state index contributed by atoms with van der Waals surface area (Å²) >= 11 is 0. The summed E-state index contributed by atoms with van der Waals surface area (Å²) in [6.07, 6.45) is 0.410. The summed E-state index contributed by atoms with van der Waals surface area (Å²) in [4.78, 5) is 12.8. The number of piperidine rings is 1. The monoisotopic (exact) mass is 495 g/mol. The van der Waals surface area contributed by atoms with Gasteiger partial charge in [0, 0.05) is 50.0 Å². The predicted octanol–water partition coefficient (Wildman–Crippen LogP) is 3.38. The minimum Gasteiger partial charge on any atom is -0.481 e. The number of halogens is 3. The Hall–Kier alpha value is -2.86. The predicted molar refractivity (Wildman–Crippen MR) is 120 cm³/mol. The molecule has 0 aliphatic carbocycles. The molecule has 0 unspecified atom stereocenters. The van der Waals surface area contributed by atoms with Crippen LogP contribution >= 0.6 is 0 Å². The molecular weight excluding hydrogens is 471 g/mol. The average Bonchev–Trinajstić information content (AvgIpc) is 3.21. The van der Waals surface area contributed by atoms with E-state index in [0.29, 0.717) is 25.9 Å². The number of nitrogens with zero attached hydrogens (tertiary/aromatic N) is 4. The molecule has 5 rings (SSSR count). The lowest BCUT2D eigenvalue weighted by atomic mass is 9.90. The number of anilines is 1. The summed E-state index contributed by atoms with van der Waals surface area (Å²) in [6.45, 7) is 0.669. The number of alkyl halides is 3. The fourth-order valence-electron chi connectivity index (χ4n) is 4.75. The van der Waals surface area contributed by atoms with Crippen LogP contribution in [0.4, 0.5) is 19.0 Å². The first-order valence-electron chi connectivity index (χ1n) is 11.0. The fourth-order valence-corrected chi connectivity index (χ4v) is 6.63. The molecule has 3 aromatic rings. The molecule has 0 bridgehead atoms. The van der Waals surface area contributed by atoms with E-state index in [4.69, 9.17) is 4.74 Å². The van der Waals surface area contributed by atoms with E-state index in [-0.39, 0.29) is 30.7 Å². The van der Waals surface area contributed by atoms with Crippen molar-refractivity contribution in [2.24, 2.45) is 0 Å². The number of aromatic nitrogens is 3. The third-order valence-electron chi connectivity index (χ3n) is 6.67. The van der Waals surface area contributed by atoms with E-state index in [1.807, 2.05) is 18.3 Å². The van der Waals surface area contributed by atoms with Crippen LogP contribution < -0.4 is 9.64 Å². The molecule has 0 amide bonds. The summed E-state index contributed by atoms with van der Waals surface area (Å²) < 4.78 is 73.1. The van der Waals surface area contributed by atoms with Gasteiger partial charge in [0.2, 0.25) is 15.9 Å². The highest BCUT2D eigenvalue weighted by Crippen LogP contribution is 2.40. The number of H-pyrrole nitrogens is 1. The molecule has 0 aromatic carbocycles. The van der Waals surface area contributed by atoms with Crippen LogP contribution in [0.5, 0.6) is 5.88 Å². The quantitative estimate of drug-likeness (QED) is 0.584. The molecule has 182 valence electrons. The summed E-state index contributed by atoms with van der Waals surface area (Å²) in [6, 6.07) is 5.94. The number of hydrogen-bond acceptors (Lipinski definition) is 6. The van der Waals surface area contributed by atoms with Gasteiger partial charge in [-0.1, -0.05) is 0 Å². The first-order chi connectivity index (χ1) is 16.2. The number of methoxy groups -OCH3 is 1. The van der Waals surface area contributed by atoms with E-state index >= 15 is 0 Å². The minimum atomic E-state index is -4.60. The normalized spacial score (nSPS) is 18.9. The first-order valence-corrected chi connectivity index (χ1v) is 12.5. The number of fused-ring (bicyclic) bond motifs is 1. The van der Waals surface area contributed by atoms with E-state index in [0.717, 1.165) is 28.7 Å². The minimum absolute atomic E-state index is 0.0420. The van der Waals surface area contributed by atoms with Crippen LogP contribution in [0.25, 0.3) is 11.0 Å². The van der Waals surface area contributed by atoms with E-state index in [1.165, 1.54) is 16.3 Å². The van der Waals surface area contributed by atoms with E-state index < -0.39 is 27.0 Å². The van der Waals surface area contributed by atoms with E-state index in [1.54, 1.807) is 6.20 Å². The Labute approximate surface area is 194 Å². The molecule has 34 heavy (non-hydrogen) atoms. The van der Waals surface area contributed by atoms with Gasteiger partial charge in [-0.3, -0.25) is 0 Å². The lowest BCUT2D eigenvalue weighted by Crippen LogP contribution is -2.59. The number of rotatable bonds is 5. The molecule has 5 heterocycles. The van der Waals surface area contributed by atoms with Gasteiger partial charge in [0.05, 0.1) is 12.7 Å². The molecule has 0 radical (unpaired) electrons. The highest BCUT2D eigenvalue weighted by atomic mass is 32.2. The van der Waals surface area contributed by atoms with Crippen molar-refractivity contribution < 1.29 is 26.3 Å². The van der Waals surface area contributed by atoms with Gasteiger partial charge in [0.15, 0.2) is 0 Å². The van der Waals surface area contributed by atoms with Crippen molar-refractivity contribution in [1.82, 2.24) is 19.3 Å². The molecule has 1 N–H and O–H groups in total. The van der Waals surface area contributed by atoms with Crippen molar-refractivity contribution in [3.63, 3.8) is 0 Å². The van der Waals surface area contributed by atoms with Gasteiger partial charge in [-0.25, -0.2) is 17.7 Å². The lowest BCUT2D eigenvalue weighted by molar-refractivity contribution is -0.137. The fraction of sp³-hybridized carbons (Fsp3) is 0.455. The van der Waals surface area contributed by atoms with Crippen molar-refractivity contribution in [2.45, 2.75) is 30.2 Å². The number of hydrogen-bond donors (Lipinski definition) is 1. The molecule has 8 nitrogen and oxygen atoms in total. The molecule has 2 fully saturated rings. The Morgan fingerprint density at radius 3 is 2.56 bits per heavy atom. The molecular formula is C22H24F3N5O3S.